The topological polar surface area (TPSA) is 73.8 Å². The molecule has 0 aromatic rings. The fourth-order valence-electron chi connectivity index (χ4n) is 3.03. The van der Waals surface area contributed by atoms with Crippen molar-refractivity contribution in [2.24, 2.45) is 5.41 Å². The number of hydrogen-bond donors (Lipinski definition) is 3. The molecule has 124 valence electrons. The second-order valence-electron chi connectivity index (χ2n) is 6.60. The number of nitrogens with one attached hydrogen (secondary N) is 2. The van der Waals surface area contributed by atoms with Gasteiger partial charge in [0.1, 0.15) is 0 Å². The third-order valence-corrected chi connectivity index (χ3v) is 4.45. The van der Waals surface area contributed by atoms with E-state index in [0.29, 0.717) is 25.6 Å². The molecular formula is C15H31N3O3. The molecule has 1 aliphatic rings. The Morgan fingerprint density at radius 3 is 2.81 bits per heavy atom. The van der Waals surface area contributed by atoms with Crippen LogP contribution in [0.3, 0.4) is 0 Å². The quantitative estimate of drug-likeness (QED) is 0.650. The SMILES string of the molecule is COCC[C@@H](CO)NC(=O)NC[C@@H]1N(C)CCCC1(C)C. The molecule has 6 nitrogen and oxygen atoms in total. The van der Waals surface area contributed by atoms with Gasteiger partial charge in [0.25, 0.3) is 0 Å². The van der Waals surface area contributed by atoms with Gasteiger partial charge in [0.05, 0.1) is 12.6 Å². The van der Waals surface area contributed by atoms with Gasteiger partial charge in [-0.05, 0) is 38.3 Å². The average Bonchev–Trinajstić information content (AvgIpc) is 2.42. The molecule has 1 rings (SSSR count). The minimum Gasteiger partial charge on any atom is -0.394 e. The predicted octanol–water partition coefficient (Wildman–Crippen LogP) is 0.803. The Kier molecular flexibility index (Phi) is 7.42. The number of aliphatic hydroxyl groups is 1. The van der Waals surface area contributed by atoms with E-state index in [1.165, 1.54) is 12.8 Å². The van der Waals surface area contributed by atoms with Gasteiger partial charge in [0.2, 0.25) is 0 Å². The Balaban J connectivity index is 2.40. The summed E-state index contributed by atoms with van der Waals surface area (Å²) in [4.78, 5) is 14.3. The first-order valence-electron chi connectivity index (χ1n) is 7.75. The summed E-state index contributed by atoms with van der Waals surface area (Å²) in [5, 5.41) is 15.0. The summed E-state index contributed by atoms with van der Waals surface area (Å²) in [6.07, 6.45) is 2.99. The van der Waals surface area contributed by atoms with Crippen LogP contribution < -0.4 is 10.6 Å². The lowest BCUT2D eigenvalue weighted by molar-refractivity contribution is 0.0596. The second-order valence-corrected chi connectivity index (χ2v) is 6.60. The van der Waals surface area contributed by atoms with Crippen LogP contribution in [-0.4, -0.2) is 68.6 Å². The summed E-state index contributed by atoms with van der Waals surface area (Å²) in [6.45, 7) is 6.64. The van der Waals surface area contributed by atoms with Crippen molar-refractivity contribution in [3.63, 3.8) is 0 Å². The van der Waals surface area contributed by atoms with Gasteiger partial charge in [0, 0.05) is 26.3 Å². The van der Waals surface area contributed by atoms with Gasteiger partial charge in [-0.15, -0.1) is 0 Å². The molecule has 3 N–H and O–H groups in total. The number of hydrogen-bond acceptors (Lipinski definition) is 4. The number of likely N-dealkylation sites (N-methyl/N-ethyl adjacent to an activating group) is 1. The van der Waals surface area contributed by atoms with E-state index < -0.39 is 0 Å². The van der Waals surface area contributed by atoms with Crippen LogP contribution in [0, 0.1) is 5.41 Å². The molecule has 6 heteroatoms. The molecule has 0 aliphatic carbocycles. The van der Waals surface area contributed by atoms with Gasteiger partial charge in [-0.25, -0.2) is 4.79 Å². The molecule has 0 bridgehead atoms. The van der Waals surface area contributed by atoms with Crippen LogP contribution in [0.15, 0.2) is 0 Å². The van der Waals surface area contributed by atoms with Gasteiger partial charge in [-0.1, -0.05) is 13.8 Å². The summed E-state index contributed by atoms with van der Waals surface area (Å²) in [5.74, 6) is 0. The van der Waals surface area contributed by atoms with Crippen LogP contribution in [-0.2, 0) is 4.74 Å². The van der Waals surface area contributed by atoms with Crippen LogP contribution in [0.2, 0.25) is 0 Å². The number of ether oxygens (including phenoxy) is 1. The minimum absolute atomic E-state index is 0.0778. The Morgan fingerprint density at radius 1 is 1.52 bits per heavy atom. The first kappa shape index (κ1) is 18.2. The maximum absolute atomic E-state index is 11.9. The number of piperidine rings is 1. The molecule has 2 amide bonds. The Bertz CT molecular complexity index is 323. The van der Waals surface area contributed by atoms with Crippen molar-refractivity contribution in [3.05, 3.63) is 0 Å². The number of methoxy groups -OCH3 is 1. The molecule has 0 aromatic heterocycles. The zero-order valence-corrected chi connectivity index (χ0v) is 13.8. The average molecular weight is 301 g/mol. The number of likely N-dealkylation sites (tertiary alicyclic amines) is 1. The first-order chi connectivity index (χ1) is 9.90. The van der Waals surface area contributed by atoms with Crippen LogP contribution in [0.5, 0.6) is 0 Å². The molecular weight excluding hydrogens is 270 g/mol. The molecule has 1 fully saturated rings. The molecule has 0 unspecified atom stereocenters. The van der Waals surface area contributed by atoms with E-state index in [0.717, 1.165) is 6.54 Å². The lowest BCUT2D eigenvalue weighted by Crippen LogP contribution is -2.55. The number of carbonyl (C=O) groups excluding carboxylic acids is 1. The normalized spacial score (nSPS) is 23.6. The summed E-state index contributed by atoms with van der Waals surface area (Å²) in [6, 6.07) is -0.148. The summed E-state index contributed by atoms with van der Waals surface area (Å²) >= 11 is 0. The Morgan fingerprint density at radius 2 is 2.24 bits per heavy atom. The van der Waals surface area contributed by atoms with Gasteiger partial charge in [0.15, 0.2) is 0 Å². The largest absolute Gasteiger partial charge is 0.394 e. The molecule has 0 aromatic carbocycles. The van der Waals surface area contributed by atoms with Crippen molar-refractivity contribution in [1.82, 2.24) is 15.5 Å². The van der Waals surface area contributed by atoms with Gasteiger partial charge in [-0.2, -0.15) is 0 Å². The molecule has 0 radical (unpaired) electrons. The van der Waals surface area contributed by atoms with Crippen LogP contribution in [0.25, 0.3) is 0 Å². The molecule has 1 saturated heterocycles. The van der Waals surface area contributed by atoms with Gasteiger partial charge in [-0.3, -0.25) is 0 Å². The summed E-state index contributed by atoms with van der Waals surface area (Å²) in [7, 11) is 3.72. The number of urea groups is 1. The fourth-order valence-corrected chi connectivity index (χ4v) is 3.03. The van der Waals surface area contributed by atoms with E-state index in [2.05, 4.69) is 36.4 Å². The first-order valence-corrected chi connectivity index (χ1v) is 7.75. The van der Waals surface area contributed by atoms with Crippen molar-refractivity contribution in [2.45, 2.75) is 45.2 Å². The zero-order valence-electron chi connectivity index (χ0n) is 13.8. The highest BCUT2D eigenvalue weighted by Gasteiger charge is 2.35. The number of aliphatic hydroxyl groups excluding tert-OH is 1. The van der Waals surface area contributed by atoms with Crippen LogP contribution in [0.4, 0.5) is 4.79 Å². The standard InChI is InChI=1S/C15H31N3O3/c1-15(2)7-5-8-18(3)13(15)10-16-14(20)17-12(11-19)6-9-21-4/h12-13,19H,5-11H2,1-4H3,(H2,16,17,20)/t12-,13-/m0/s1. The van der Waals surface area contributed by atoms with E-state index in [4.69, 9.17) is 4.74 Å². The number of amides is 2. The Labute approximate surface area is 128 Å². The molecule has 0 saturated carbocycles. The lowest BCUT2D eigenvalue weighted by Gasteiger charge is -2.45. The molecule has 1 aliphatic heterocycles. The Hall–Kier alpha value is -0.850. The van der Waals surface area contributed by atoms with Crippen LogP contribution >= 0.6 is 0 Å². The predicted molar refractivity (Wildman–Crippen MR) is 83.3 cm³/mol. The molecule has 0 spiro atoms. The monoisotopic (exact) mass is 301 g/mol. The lowest BCUT2D eigenvalue weighted by atomic mass is 9.76. The van der Waals surface area contributed by atoms with Crippen molar-refractivity contribution < 1.29 is 14.6 Å². The highest BCUT2D eigenvalue weighted by atomic mass is 16.5. The highest BCUT2D eigenvalue weighted by Crippen LogP contribution is 2.33. The zero-order chi connectivity index (χ0) is 15.9. The number of nitrogens with zero attached hydrogens (tertiary/aromatic N) is 1. The third kappa shape index (κ3) is 5.80. The van der Waals surface area contributed by atoms with E-state index in [1.807, 2.05) is 0 Å². The third-order valence-electron chi connectivity index (χ3n) is 4.45. The summed E-state index contributed by atoms with van der Waals surface area (Å²) in [5.41, 5.74) is 0.201. The second kappa shape index (κ2) is 8.56. The van der Waals surface area contributed by atoms with Crippen molar-refractivity contribution in [3.8, 4) is 0 Å². The minimum atomic E-state index is -0.262. The maximum atomic E-state index is 11.9. The van der Waals surface area contributed by atoms with E-state index in [1.54, 1.807) is 7.11 Å². The van der Waals surface area contributed by atoms with Crippen molar-refractivity contribution >= 4 is 6.03 Å². The molecule has 2 atom stereocenters. The van der Waals surface area contributed by atoms with Crippen molar-refractivity contribution in [1.29, 1.82) is 0 Å². The summed E-state index contributed by atoms with van der Waals surface area (Å²) < 4.78 is 4.96. The highest BCUT2D eigenvalue weighted by molar-refractivity contribution is 5.74. The van der Waals surface area contributed by atoms with E-state index in [9.17, 15) is 9.90 Å². The maximum Gasteiger partial charge on any atom is 0.315 e. The molecule has 21 heavy (non-hydrogen) atoms. The number of rotatable bonds is 7. The fraction of sp³-hybridized carbons (Fsp3) is 0.933. The van der Waals surface area contributed by atoms with Gasteiger partial charge >= 0.3 is 6.03 Å². The van der Waals surface area contributed by atoms with Gasteiger partial charge < -0.3 is 25.4 Å². The smallest absolute Gasteiger partial charge is 0.315 e. The van der Waals surface area contributed by atoms with E-state index >= 15 is 0 Å². The number of carbonyl (C=O) groups is 1. The van der Waals surface area contributed by atoms with E-state index in [-0.39, 0.29) is 24.1 Å². The van der Waals surface area contributed by atoms with Crippen molar-refractivity contribution in [2.75, 3.05) is 40.5 Å². The van der Waals surface area contributed by atoms with Crippen LogP contribution in [0.1, 0.15) is 33.1 Å². The molecule has 1 heterocycles.